The number of aryl methyl sites for hydroxylation is 1. The molecule has 5 rings (SSSR count). The molecule has 0 fully saturated rings. The Bertz CT molecular complexity index is 1760. The smallest absolute Gasteiger partial charge is 0.279 e. The fourth-order valence-corrected chi connectivity index (χ4v) is 6.23. The number of aromatic nitrogens is 4. The lowest BCUT2D eigenvalue weighted by molar-refractivity contribution is -0.122. The maximum absolute atomic E-state index is 13.5. The Balaban J connectivity index is 1.45. The van der Waals surface area contributed by atoms with Crippen LogP contribution in [0.15, 0.2) is 46.2 Å². The number of hydrogen-bond acceptors (Lipinski definition) is 9. The van der Waals surface area contributed by atoms with Gasteiger partial charge in [0.05, 0.1) is 6.04 Å². The fourth-order valence-electron chi connectivity index (χ4n) is 5.21. The van der Waals surface area contributed by atoms with Gasteiger partial charge in [0.25, 0.3) is 24.1 Å². The molecule has 1 aliphatic heterocycles. The minimum Gasteiger partial charge on any atom is -0.443 e. The van der Waals surface area contributed by atoms with Crippen LogP contribution in [0.5, 0.6) is 0 Å². The largest absolute Gasteiger partial charge is 0.443 e. The molecule has 3 aromatic heterocycles. The third kappa shape index (κ3) is 8.29. The van der Waals surface area contributed by atoms with Gasteiger partial charge >= 0.3 is 0 Å². The molecule has 1 aliphatic rings. The molecule has 4 heterocycles. The zero-order chi connectivity index (χ0) is 34.4. The molecule has 0 saturated carbocycles. The number of thiazole rings is 1. The van der Waals surface area contributed by atoms with Crippen molar-refractivity contribution in [3.05, 3.63) is 86.8 Å². The fraction of sp³-hybridized carbons (Fsp3) is 0.406. The summed E-state index contributed by atoms with van der Waals surface area (Å²) < 4.78 is 32.3. The Morgan fingerprint density at radius 3 is 2.56 bits per heavy atom. The molecule has 13 nitrogen and oxygen atoms in total. The van der Waals surface area contributed by atoms with E-state index >= 15 is 0 Å². The van der Waals surface area contributed by atoms with Crippen molar-refractivity contribution in [3.63, 3.8) is 0 Å². The van der Waals surface area contributed by atoms with E-state index in [9.17, 15) is 28.0 Å². The molecule has 0 unspecified atom stereocenters. The predicted molar refractivity (Wildman–Crippen MR) is 170 cm³/mol. The van der Waals surface area contributed by atoms with Crippen molar-refractivity contribution >= 4 is 35.0 Å². The molecule has 0 saturated heterocycles. The number of fused-ring (bicyclic) bond motifs is 4. The van der Waals surface area contributed by atoms with Gasteiger partial charge in [0.1, 0.15) is 28.2 Å². The van der Waals surface area contributed by atoms with Crippen LogP contribution in [0.2, 0.25) is 0 Å². The van der Waals surface area contributed by atoms with Gasteiger partial charge in [-0.2, -0.15) is 5.10 Å². The molecular formula is C32H36F2N8O5S. The summed E-state index contributed by atoms with van der Waals surface area (Å²) in [5.41, 5.74) is 0.397. The highest BCUT2D eigenvalue weighted by atomic mass is 32.1. The van der Waals surface area contributed by atoms with Gasteiger partial charge < -0.3 is 25.3 Å². The standard InChI is InChI=1S/C32H36F2N8O5S/c1-17(2)25-31-37-23(16-48-31)28(44)35-11-13-42(32(46)22-15-20(27(33)34)40-41-22)12-7-10-24(43)36-21(14-19-8-5-4-6-9-19)30-39-26(18(3)47-30)29(45)38-25/h4-6,8-9,15-17,21,25,27H,7,10-14H2,1-3H3,(H,35,44)(H,36,43)(H,38,45)(H,40,41)/t21-,25-/m0/s1. The van der Waals surface area contributed by atoms with E-state index in [1.54, 1.807) is 12.3 Å². The number of benzene rings is 1. The predicted octanol–water partition coefficient (Wildman–Crippen LogP) is 4.29. The molecule has 4 N–H and O–H groups in total. The first-order chi connectivity index (χ1) is 23.0. The number of alkyl halides is 2. The van der Waals surface area contributed by atoms with Crippen molar-refractivity contribution in [1.29, 1.82) is 0 Å². The summed E-state index contributed by atoms with van der Waals surface area (Å²) >= 11 is 1.22. The zero-order valence-electron chi connectivity index (χ0n) is 26.6. The Hall–Kier alpha value is -4.99. The van der Waals surface area contributed by atoms with Crippen molar-refractivity contribution < 1.29 is 32.4 Å². The van der Waals surface area contributed by atoms with E-state index in [0.717, 1.165) is 11.6 Å². The van der Waals surface area contributed by atoms with Crippen LogP contribution in [0, 0.1) is 12.8 Å². The van der Waals surface area contributed by atoms with E-state index in [0.29, 0.717) is 11.4 Å². The second-order valence-corrected chi connectivity index (χ2v) is 12.6. The van der Waals surface area contributed by atoms with E-state index in [1.807, 2.05) is 44.2 Å². The molecular weight excluding hydrogens is 646 g/mol. The monoisotopic (exact) mass is 682 g/mol. The second kappa shape index (κ2) is 15.3. The highest BCUT2D eigenvalue weighted by Gasteiger charge is 2.29. The van der Waals surface area contributed by atoms with Crippen molar-refractivity contribution in [2.24, 2.45) is 5.92 Å². The van der Waals surface area contributed by atoms with Gasteiger partial charge in [0.2, 0.25) is 11.8 Å². The third-order valence-electron chi connectivity index (χ3n) is 7.76. The van der Waals surface area contributed by atoms with E-state index < -0.39 is 41.9 Å². The average molecular weight is 683 g/mol. The molecule has 0 radical (unpaired) electrons. The van der Waals surface area contributed by atoms with Gasteiger partial charge in [-0.1, -0.05) is 44.2 Å². The van der Waals surface area contributed by atoms with Crippen LogP contribution in [-0.4, -0.2) is 68.3 Å². The Labute approximate surface area is 278 Å². The Morgan fingerprint density at radius 2 is 1.85 bits per heavy atom. The van der Waals surface area contributed by atoms with Crippen LogP contribution in [0.4, 0.5) is 8.78 Å². The minimum absolute atomic E-state index is 0.00498. The molecule has 0 spiro atoms. The van der Waals surface area contributed by atoms with E-state index in [4.69, 9.17) is 4.42 Å². The molecule has 254 valence electrons. The van der Waals surface area contributed by atoms with Gasteiger partial charge in [-0.05, 0) is 30.9 Å². The van der Waals surface area contributed by atoms with Crippen LogP contribution in [0.1, 0.15) is 105 Å². The SMILES string of the molecule is Cc1oc2nc1C(=O)N[C@@H](C(C)C)c1nc(cs1)C(=O)NCCN(C(=O)c1cc(C(F)F)[nH]n1)CCCC(=O)N[C@H]2Cc1ccccc1. The molecule has 1 aromatic carbocycles. The number of halogens is 2. The number of H-pyrrole nitrogens is 1. The summed E-state index contributed by atoms with van der Waals surface area (Å²) in [7, 11) is 0. The van der Waals surface area contributed by atoms with E-state index in [-0.39, 0.29) is 73.0 Å². The number of rotatable bonds is 5. The van der Waals surface area contributed by atoms with Gasteiger partial charge in [-0.3, -0.25) is 24.3 Å². The first-order valence-corrected chi connectivity index (χ1v) is 16.4. The number of amides is 4. The number of carbonyl (C=O) groups excluding carboxylic acids is 4. The number of hydrogen-bond donors (Lipinski definition) is 4. The second-order valence-electron chi connectivity index (χ2n) is 11.7. The number of nitrogens with zero attached hydrogens (tertiary/aromatic N) is 4. The number of oxazole rings is 1. The highest BCUT2D eigenvalue weighted by molar-refractivity contribution is 7.09. The minimum atomic E-state index is -2.84. The summed E-state index contributed by atoms with van der Waals surface area (Å²) in [4.78, 5) is 63.4. The molecule has 4 aromatic rings. The number of aromatic amines is 1. The Morgan fingerprint density at radius 1 is 1.08 bits per heavy atom. The van der Waals surface area contributed by atoms with Crippen LogP contribution >= 0.6 is 11.3 Å². The summed E-state index contributed by atoms with van der Waals surface area (Å²) in [6.07, 6.45) is -2.30. The van der Waals surface area contributed by atoms with Crippen molar-refractivity contribution in [1.82, 2.24) is 41.0 Å². The van der Waals surface area contributed by atoms with Gasteiger partial charge in [0.15, 0.2) is 11.4 Å². The molecule has 48 heavy (non-hydrogen) atoms. The first-order valence-electron chi connectivity index (χ1n) is 15.5. The maximum Gasteiger partial charge on any atom is 0.279 e. The van der Waals surface area contributed by atoms with Crippen LogP contribution in [0.25, 0.3) is 0 Å². The van der Waals surface area contributed by atoms with Gasteiger partial charge in [-0.25, -0.2) is 18.7 Å². The average Bonchev–Trinajstić information content (AvgIpc) is 3.82. The van der Waals surface area contributed by atoms with Gasteiger partial charge in [-0.15, -0.1) is 11.3 Å². The van der Waals surface area contributed by atoms with Gasteiger partial charge in [0, 0.05) is 37.9 Å². The molecule has 2 atom stereocenters. The summed E-state index contributed by atoms with van der Waals surface area (Å²) in [6.45, 7) is 5.54. The molecule has 4 amide bonds. The lowest BCUT2D eigenvalue weighted by Gasteiger charge is -2.22. The molecule has 0 aliphatic carbocycles. The third-order valence-corrected chi connectivity index (χ3v) is 8.68. The Kier molecular flexibility index (Phi) is 10.9. The molecule has 16 heteroatoms. The lowest BCUT2D eigenvalue weighted by Crippen LogP contribution is -2.40. The van der Waals surface area contributed by atoms with Crippen LogP contribution < -0.4 is 16.0 Å². The molecule has 4 bridgehead atoms. The summed E-state index contributed by atoms with van der Waals surface area (Å²) in [5.74, 6) is -1.64. The normalized spacial score (nSPS) is 18.4. The first kappa shape index (κ1) is 34.3. The maximum atomic E-state index is 13.5. The van der Waals surface area contributed by atoms with Crippen molar-refractivity contribution in [2.45, 2.75) is 58.5 Å². The number of carbonyl (C=O) groups is 4. The topological polar surface area (TPSA) is 175 Å². The van der Waals surface area contributed by atoms with Crippen molar-refractivity contribution in [3.8, 4) is 0 Å². The zero-order valence-corrected chi connectivity index (χ0v) is 27.4. The summed E-state index contributed by atoms with van der Waals surface area (Å²) in [5, 5.41) is 16.7. The van der Waals surface area contributed by atoms with E-state index in [2.05, 4.69) is 36.1 Å². The number of nitrogens with one attached hydrogen (secondary N) is 4. The van der Waals surface area contributed by atoms with Crippen LogP contribution in [-0.2, 0) is 11.2 Å². The van der Waals surface area contributed by atoms with E-state index in [1.165, 1.54) is 16.2 Å². The lowest BCUT2D eigenvalue weighted by atomic mass is 10.0. The van der Waals surface area contributed by atoms with Crippen molar-refractivity contribution in [2.75, 3.05) is 19.6 Å². The highest BCUT2D eigenvalue weighted by Crippen LogP contribution is 2.27. The summed E-state index contributed by atoms with van der Waals surface area (Å²) in [6, 6.07) is 9.15. The van der Waals surface area contributed by atoms with Crippen LogP contribution in [0.3, 0.4) is 0 Å². The quantitative estimate of drug-likeness (QED) is 0.241.